The maximum atomic E-state index is 11.8. The molecule has 2 heterocycles. The lowest BCUT2D eigenvalue weighted by Crippen LogP contribution is -2.26. The summed E-state index contributed by atoms with van der Waals surface area (Å²) in [5, 5.41) is 9.97. The molecule has 9 nitrogen and oxygen atoms in total. The second-order valence-corrected chi connectivity index (χ2v) is 5.37. The highest BCUT2D eigenvalue weighted by Crippen LogP contribution is 2.13. The van der Waals surface area contributed by atoms with Crippen LogP contribution in [0, 0.1) is 0 Å². The SMILES string of the molecule is Cn1cnc(CCNS(=O)(=O)c2cn[nH]c2N)n1. The minimum absolute atomic E-state index is 0.0125. The van der Waals surface area contributed by atoms with Crippen molar-refractivity contribution in [3.63, 3.8) is 0 Å². The summed E-state index contributed by atoms with van der Waals surface area (Å²) in [7, 11) is -1.90. The minimum Gasteiger partial charge on any atom is -0.383 e. The van der Waals surface area contributed by atoms with E-state index in [1.165, 1.54) is 0 Å². The highest BCUT2D eigenvalue weighted by Gasteiger charge is 2.18. The number of sulfonamides is 1. The van der Waals surface area contributed by atoms with Crippen molar-refractivity contribution in [2.45, 2.75) is 11.3 Å². The van der Waals surface area contributed by atoms with E-state index in [2.05, 4.69) is 25.0 Å². The molecular formula is C8H13N7O2S. The molecule has 18 heavy (non-hydrogen) atoms. The summed E-state index contributed by atoms with van der Waals surface area (Å²) in [5.74, 6) is 0.582. The predicted molar refractivity (Wildman–Crippen MR) is 62.9 cm³/mol. The molecule has 0 amide bonds. The van der Waals surface area contributed by atoms with Gasteiger partial charge in [0.2, 0.25) is 10.0 Å². The summed E-state index contributed by atoms with van der Waals surface area (Å²) in [6.07, 6.45) is 3.12. The van der Waals surface area contributed by atoms with Gasteiger partial charge in [-0.1, -0.05) is 0 Å². The molecule has 0 aromatic carbocycles. The van der Waals surface area contributed by atoms with Crippen LogP contribution in [0.15, 0.2) is 17.4 Å². The Hall–Kier alpha value is -1.94. The number of aryl methyl sites for hydroxylation is 1. The number of hydrogen-bond acceptors (Lipinski definition) is 6. The number of anilines is 1. The van der Waals surface area contributed by atoms with Crippen molar-refractivity contribution in [1.29, 1.82) is 0 Å². The Morgan fingerprint density at radius 1 is 1.56 bits per heavy atom. The van der Waals surface area contributed by atoms with Gasteiger partial charge in [-0.05, 0) is 0 Å². The molecule has 2 aromatic heterocycles. The normalized spacial score (nSPS) is 11.8. The number of hydrogen-bond donors (Lipinski definition) is 3. The van der Waals surface area contributed by atoms with Crippen LogP contribution in [0.5, 0.6) is 0 Å². The quantitative estimate of drug-likeness (QED) is 0.615. The molecule has 2 rings (SSSR count). The number of nitrogens with one attached hydrogen (secondary N) is 2. The smallest absolute Gasteiger partial charge is 0.245 e. The Morgan fingerprint density at radius 3 is 2.89 bits per heavy atom. The molecule has 0 aliphatic rings. The standard InChI is InChI=1S/C8H13N7O2S/c1-15-5-10-7(14-15)2-3-12-18(16,17)6-4-11-13-8(6)9/h4-5,12H,2-3H2,1H3,(H3,9,11,13). The van der Waals surface area contributed by atoms with Crippen LogP contribution in [0.25, 0.3) is 0 Å². The van der Waals surface area contributed by atoms with E-state index >= 15 is 0 Å². The maximum absolute atomic E-state index is 11.8. The first-order valence-electron chi connectivity index (χ1n) is 5.12. The summed E-state index contributed by atoms with van der Waals surface area (Å²) in [4.78, 5) is 3.93. The fourth-order valence-electron chi connectivity index (χ4n) is 1.37. The second-order valence-electron chi connectivity index (χ2n) is 3.63. The summed E-state index contributed by atoms with van der Waals surface area (Å²) in [6.45, 7) is 0.191. The molecule has 98 valence electrons. The van der Waals surface area contributed by atoms with Crippen molar-refractivity contribution in [2.24, 2.45) is 7.05 Å². The number of nitrogens with zero attached hydrogens (tertiary/aromatic N) is 4. The van der Waals surface area contributed by atoms with Gasteiger partial charge in [-0.25, -0.2) is 18.1 Å². The molecule has 0 saturated carbocycles. The molecule has 0 spiro atoms. The second kappa shape index (κ2) is 4.74. The lowest BCUT2D eigenvalue weighted by Gasteiger charge is -2.03. The van der Waals surface area contributed by atoms with Crippen molar-refractivity contribution in [1.82, 2.24) is 29.7 Å². The Balaban J connectivity index is 1.96. The molecule has 0 aliphatic carbocycles. The number of nitrogen functional groups attached to an aromatic ring is 1. The Bertz CT molecular complexity index is 629. The molecule has 0 atom stereocenters. The summed E-state index contributed by atoms with van der Waals surface area (Å²) < 4.78 is 27.6. The first kappa shape index (κ1) is 12.5. The van der Waals surface area contributed by atoms with Gasteiger partial charge < -0.3 is 5.73 Å². The number of nitrogens with two attached hydrogens (primary N) is 1. The molecule has 0 unspecified atom stereocenters. The van der Waals surface area contributed by atoms with E-state index < -0.39 is 10.0 Å². The van der Waals surface area contributed by atoms with Crippen molar-refractivity contribution in [3.8, 4) is 0 Å². The van der Waals surface area contributed by atoms with E-state index in [1.807, 2.05) is 0 Å². The van der Waals surface area contributed by atoms with E-state index in [1.54, 1.807) is 18.1 Å². The summed E-state index contributed by atoms with van der Waals surface area (Å²) in [5.41, 5.74) is 5.45. The number of H-pyrrole nitrogens is 1. The Labute approximate surface area is 103 Å². The highest BCUT2D eigenvalue weighted by atomic mass is 32.2. The van der Waals surface area contributed by atoms with Gasteiger partial charge in [-0.3, -0.25) is 9.78 Å². The molecule has 0 aliphatic heterocycles. The molecule has 0 saturated heterocycles. The van der Waals surface area contributed by atoms with Gasteiger partial charge in [-0.2, -0.15) is 10.2 Å². The third-order valence-corrected chi connectivity index (χ3v) is 3.70. The molecule has 0 bridgehead atoms. The molecule has 10 heteroatoms. The van der Waals surface area contributed by atoms with Crippen LogP contribution in [-0.4, -0.2) is 39.9 Å². The van der Waals surface area contributed by atoms with E-state index in [9.17, 15) is 8.42 Å². The van der Waals surface area contributed by atoms with E-state index in [4.69, 9.17) is 5.73 Å². The zero-order chi connectivity index (χ0) is 13.2. The monoisotopic (exact) mass is 271 g/mol. The number of aromatic nitrogens is 5. The fraction of sp³-hybridized carbons (Fsp3) is 0.375. The van der Waals surface area contributed by atoms with E-state index in [0.29, 0.717) is 12.2 Å². The first-order chi connectivity index (χ1) is 8.49. The average molecular weight is 271 g/mol. The minimum atomic E-state index is -3.64. The number of aromatic amines is 1. The topological polar surface area (TPSA) is 132 Å². The lowest BCUT2D eigenvalue weighted by atomic mass is 10.4. The van der Waals surface area contributed by atoms with Crippen molar-refractivity contribution >= 4 is 15.8 Å². The third kappa shape index (κ3) is 2.65. The van der Waals surface area contributed by atoms with Crippen LogP contribution < -0.4 is 10.5 Å². The Kier molecular flexibility index (Phi) is 3.30. The predicted octanol–water partition coefficient (Wildman–Crippen LogP) is -1.36. The average Bonchev–Trinajstić information content (AvgIpc) is 2.87. The third-order valence-electron chi connectivity index (χ3n) is 2.21. The van der Waals surface area contributed by atoms with Gasteiger partial charge in [0, 0.05) is 20.0 Å². The zero-order valence-electron chi connectivity index (χ0n) is 9.66. The maximum Gasteiger partial charge on any atom is 0.245 e. The molecule has 0 fully saturated rings. The lowest BCUT2D eigenvalue weighted by molar-refractivity contribution is 0.581. The van der Waals surface area contributed by atoms with Gasteiger partial charge in [0.05, 0.1) is 6.20 Å². The van der Waals surface area contributed by atoms with Gasteiger partial charge in [0.15, 0.2) is 5.82 Å². The number of rotatable bonds is 5. The van der Waals surface area contributed by atoms with Gasteiger partial charge in [0.1, 0.15) is 17.0 Å². The van der Waals surface area contributed by atoms with Gasteiger partial charge in [-0.15, -0.1) is 0 Å². The van der Waals surface area contributed by atoms with Crippen molar-refractivity contribution in [3.05, 3.63) is 18.3 Å². The van der Waals surface area contributed by atoms with Crippen LogP contribution in [0.3, 0.4) is 0 Å². The summed E-state index contributed by atoms with van der Waals surface area (Å²) in [6, 6.07) is 0. The van der Waals surface area contributed by atoms with Crippen LogP contribution in [0.4, 0.5) is 5.82 Å². The molecular weight excluding hydrogens is 258 g/mol. The van der Waals surface area contributed by atoms with Gasteiger partial charge in [0.25, 0.3) is 0 Å². The van der Waals surface area contributed by atoms with Crippen LogP contribution >= 0.6 is 0 Å². The summed E-state index contributed by atoms with van der Waals surface area (Å²) >= 11 is 0. The van der Waals surface area contributed by atoms with Gasteiger partial charge >= 0.3 is 0 Å². The first-order valence-corrected chi connectivity index (χ1v) is 6.60. The Morgan fingerprint density at radius 2 is 2.33 bits per heavy atom. The van der Waals surface area contributed by atoms with E-state index in [0.717, 1.165) is 6.20 Å². The highest BCUT2D eigenvalue weighted by molar-refractivity contribution is 7.89. The van der Waals surface area contributed by atoms with E-state index in [-0.39, 0.29) is 17.3 Å². The molecule has 0 radical (unpaired) electrons. The molecule has 4 N–H and O–H groups in total. The fourth-order valence-corrected chi connectivity index (χ4v) is 2.43. The van der Waals surface area contributed by atoms with Crippen LogP contribution in [-0.2, 0) is 23.5 Å². The van der Waals surface area contributed by atoms with Crippen molar-refractivity contribution in [2.75, 3.05) is 12.3 Å². The van der Waals surface area contributed by atoms with Crippen LogP contribution in [0.2, 0.25) is 0 Å². The zero-order valence-corrected chi connectivity index (χ0v) is 10.5. The molecule has 2 aromatic rings. The largest absolute Gasteiger partial charge is 0.383 e. The van der Waals surface area contributed by atoms with Crippen molar-refractivity contribution < 1.29 is 8.42 Å². The van der Waals surface area contributed by atoms with Crippen LogP contribution in [0.1, 0.15) is 5.82 Å².